The lowest BCUT2D eigenvalue weighted by Gasteiger charge is -2.19. The molecule has 1 saturated heterocycles. The van der Waals surface area contributed by atoms with Gasteiger partial charge in [-0.05, 0) is 33.1 Å². The topological polar surface area (TPSA) is 59.1 Å². The smallest absolute Gasteiger partial charge is 0.134 e. The first kappa shape index (κ1) is 16.0. The van der Waals surface area contributed by atoms with E-state index in [4.69, 9.17) is 4.74 Å². The van der Waals surface area contributed by atoms with Crippen LogP contribution >= 0.6 is 0 Å². The summed E-state index contributed by atoms with van der Waals surface area (Å²) in [5.74, 6) is 3.28. The SMILES string of the molecule is CCCNc1nc(C)nc(NCC2CCOC2CC)c1C. The van der Waals surface area contributed by atoms with E-state index >= 15 is 0 Å². The average molecular weight is 292 g/mol. The first-order valence-corrected chi connectivity index (χ1v) is 8.10. The number of nitrogens with zero attached hydrogens (tertiary/aromatic N) is 2. The number of rotatable bonds is 7. The molecule has 0 amide bonds. The Morgan fingerprint density at radius 3 is 2.52 bits per heavy atom. The molecule has 2 unspecified atom stereocenters. The molecular formula is C16H28N4O. The molecule has 1 aromatic heterocycles. The van der Waals surface area contributed by atoms with Crippen LogP contribution in [0.15, 0.2) is 0 Å². The lowest BCUT2D eigenvalue weighted by Crippen LogP contribution is -2.23. The molecule has 0 aliphatic carbocycles. The third-order valence-electron chi connectivity index (χ3n) is 4.08. The van der Waals surface area contributed by atoms with Crippen molar-refractivity contribution < 1.29 is 4.74 Å². The largest absolute Gasteiger partial charge is 0.378 e. The molecule has 1 fully saturated rings. The highest BCUT2D eigenvalue weighted by atomic mass is 16.5. The van der Waals surface area contributed by atoms with E-state index in [0.717, 1.165) is 62.0 Å². The monoisotopic (exact) mass is 292 g/mol. The fourth-order valence-electron chi connectivity index (χ4n) is 2.82. The summed E-state index contributed by atoms with van der Waals surface area (Å²) in [6.07, 6.45) is 3.69. The van der Waals surface area contributed by atoms with Gasteiger partial charge in [-0.3, -0.25) is 0 Å². The Kier molecular flexibility index (Phi) is 5.79. The Labute approximate surface area is 127 Å². The molecule has 0 spiro atoms. The summed E-state index contributed by atoms with van der Waals surface area (Å²) in [6.45, 7) is 11.1. The fraction of sp³-hybridized carbons (Fsp3) is 0.750. The summed E-state index contributed by atoms with van der Waals surface area (Å²) >= 11 is 0. The summed E-state index contributed by atoms with van der Waals surface area (Å²) in [4.78, 5) is 9.05. The van der Waals surface area contributed by atoms with Crippen molar-refractivity contribution in [2.45, 2.75) is 53.1 Å². The zero-order valence-electron chi connectivity index (χ0n) is 13.7. The molecule has 5 heteroatoms. The van der Waals surface area contributed by atoms with Gasteiger partial charge in [0.2, 0.25) is 0 Å². The molecule has 0 aromatic carbocycles. The van der Waals surface area contributed by atoms with E-state index in [1.807, 2.05) is 6.92 Å². The van der Waals surface area contributed by atoms with Crippen LogP contribution in [-0.4, -0.2) is 35.8 Å². The maximum absolute atomic E-state index is 5.75. The number of hydrogen-bond acceptors (Lipinski definition) is 5. The minimum atomic E-state index is 0.387. The zero-order chi connectivity index (χ0) is 15.2. The van der Waals surface area contributed by atoms with Crippen molar-refractivity contribution in [2.24, 2.45) is 5.92 Å². The molecule has 2 atom stereocenters. The molecule has 1 aromatic rings. The Balaban J connectivity index is 2.03. The number of nitrogens with one attached hydrogen (secondary N) is 2. The molecule has 2 heterocycles. The minimum absolute atomic E-state index is 0.387. The van der Waals surface area contributed by atoms with Crippen molar-refractivity contribution in [2.75, 3.05) is 30.3 Å². The van der Waals surface area contributed by atoms with Crippen LogP contribution in [0.5, 0.6) is 0 Å². The second kappa shape index (κ2) is 7.59. The van der Waals surface area contributed by atoms with Gasteiger partial charge in [-0.1, -0.05) is 13.8 Å². The van der Waals surface area contributed by atoms with Crippen LogP contribution in [-0.2, 0) is 4.74 Å². The van der Waals surface area contributed by atoms with Crippen LogP contribution in [0.3, 0.4) is 0 Å². The number of aryl methyl sites for hydroxylation is 1. The lowest BCUT2D eigenvalue weighted by atomic mass is 10.00. The van der Waals surface area contributed by atoms with Crippen molar-refractivity contribution in [3.63, 3.8) is 0 Å². The standard InChI is InChI=1S/C16H28N4O/c1-5-8-17-15-11(3)16(20-12(4)19-15)18-10-13-7-9-21-14(13)6-2/h13-14H,5-10H2,1-4H3,(H2,17,18,19,20). The molecule has 2 N–H and O–H groups in total. The highest BCUT2D eigenvalue weighted by Gasteiger charge is 2.26. The number of hydrogen-bond donors (Lipinski definition) is 2. The van der Waals surface area contributed by atoms with E-state index in [1.165, 1.54) is 0 Å². The van der Waals surface area contributed by atoms with Crippen LogP contribution in [0, 0.1) is 19.8 Å². The lowest BCUT2D eigenvalue weighted by molar-refractivity contribution is 0.0900. The van der Waals surface area contributed by atoms with Gasteiger partial charge < -0.3 is 15.4 Å². The average Bonchev–Trinajstić information content (AvgIpc) is 2.93. The molecule has 1 aliphatic rings. The molecule has 5 nitrogen and oxygen atoms in total. The minimum Gasteiger partial charge on any atom is -0.378 e. The van der Waals surface area contributed by atoms with Gasteiger partial charge in [0.25, 0.3) is 0 Å². The summed E-state index contributed by atoms with van der Waals surface area (Å²) in [5.41, 5.74) is 1.10. The van der Waals surface area contributed by atoms with Crippen LogP contribution in [0.2, 0.25) is 0 Å². The summed E-state index contributed by atoms with van der Waals surface area (Å²) < 4.78 is 5.75. The molecule has 0 bridgehead atoms. The first-order valence-electron chi connectivity index (χ1n) is 8.10. The van der Waals surface area contributed by atoms with Gasteiger partial charge in [-0.2, -0.15) is 0 Å². The van der Waals surface area contributed by atoms with Gasteiger partial charge in [-0.25, -0.2) is 9.97 Å². The maximum atomic E-state index is 5.75. The summed E-state index contributed by atoms with van der Waals surface area (Å²) in [5, 5.41) is 6.88. The van der Waals surface area contributed by atoms with Gasteiger partial charge in [0.1, 0.15) is 17.5 Å². The van der Waals surface area contributed by atoms with E-state index in [9.17, 15) is 0 Å². The van der Waals surface area contributed by atoms with Crippen molar-refractivity contribution in [3.05, 3.63) is 11.4 Å². The third-order valence-corrected chi connectivity index (χ3v) is 4.08. The van der Waals surface area contributed by atoms with Crippen molar-refractivity contribution >= 4 is 11.6 Å². The van der Waals surface area contributed by atoms with E-state index in [2.05, 4.69) is 41.4 Å². The quantitative estimate of drug-likeness (QED) is 0.808. The van der Waals surface area contributed by atoms with E-state index in [-0.39, 0.29) is 0 Å². The van der Waals surface area contributed by atoms with Crippen LogP contribution < -0.4 is 10.6 Å². The normalized spacial score (nSPS) is 21.5. The van der Waals surface area contributed by atoms with Gasteiger partial charge in [0.15, 0.2) is 0 Å². The zero-order valence-corrected chi connectivity index (χ0v) is 13.7. The van der Waals surface area contributed by atoms with Crippen molar-refractivity contribution in [1.82, 2.24) is 9.97 Å². The Hall–Kier alpha value is -1.36. The van der Waals surface area contributed by atoms with E-state index in [0.29, 0.717) is 12.0 Å². The van der Waals surface area contributed by atoms with E-state index < -0.39 is 0 Å². The molecule has 2 rings (SSSR count). The van der Waals surface area contributed by atoms with E-state index in [1.54, 1.807) is 0 Å². The van der Waals surface area contributed by atoms with Gasteiger partial charge in [-0.15, -0.1) is 0 Å². The second-order valence-electron chi connectivity index (χ2n) is 5.77. The van der Waals surface area contributed by atoms with Gasteiger partial charge >= 0.3 is 0 Å². The highest BCUT2D eigenvalue weighted by Crippen LogP contribution is 2.25. The Morgan fingerprint density at radius 2 is 1.86 bits per heavy atom. The highest BCUT2D eigenvalue weighted by molar-refractivity contribution is 5.57. The molecule has 118 valence electrons. The fourth-order valence-corrected chi connectivity index (χ4v) is 2.82. The first-order chi connectivity index (χ1) is 10.2. The van der Waals surface area contributed by atoms with Crippen LogP contribution in [0.1, 0.15) is 44.5 Å². The van der Waals surface area contributed by atoms with Crippen molar-refractivity contribution in [3.8, 4) is 0 Å². The predicted molar refractivity (Wildman–Crippen MR) is 86.9 cm³/mol. The van der Waals surface area contributed by atoms with Crippen LogP contribution in [0.25, 0.3) is 0 Å². The third kappa shape index (κ3) is 4.06. The number of ether oxygens (including phenoxy) is 1. The number of aromatic nitrogens is 2. The maximum Gasteiger partial charge on any atom is 0.134 e. The molecule has 1 aliphatic heterocycles. The molecule has 0 saturated carbocycles. The molecule has 0 radical (unpaired) electrons. The van der Waals surface area contributed by atoms with Crippen LogP contribution in [0.4, 0.5) is 11.6 Å². The Morgan fingerprint density at radius 1 is 1.14 bits per heavy atom. The Bertz CT molecular complexity index is 464. The summed E-state index contributed by atoms with van der Waals surface area (Å²) in [6, 6.07) is 0. The predicted octanol–water partition coefficient (Wildman–Crippen LogP) is 3.14. The van der Waals surface area contributed by atoms with Gasteiger partial charge in [0, 0.05) is 31.2 Å². The van der Waals surface area contributed by atoms with Gasteiger partial charge in [0.05, 0.1) is 6.10 Å². The number of anilines is 2. The summed E-state index contributed by atoms with van der Waals surface area (Å²) in [7, 11) is 0. The molecular weight excluding hydrogens is 264 g/mol. The second-order valence-corrected chi connectivity index (χ2v) is 5.77. The van der Waals surface area contributed by atoms with Crippen molar-refractivity contribution in [1.29, 1.82) is 0 Å². The molecule has 21 heavy (non-hydrogen) atoms.